The number of nitrogens with one attached hydrogen (secondary N) is 1. The van der Waals surface area contributed by atoms with Crippen LogP contribution in [-0.2, 0) is 9.05 Å². The van der Waals surface area contributed by atoms with Crippen molar-refractivity contribution in [3.8, 4) is 11.6 Å². The Bertz CT molecular complexity index is 608. The lowest BCUT2D eigenvalue weighted by Gasteiger charge is -2.11. The van der Waals surface area contributed by atoms with Crippen LogP contribution in [0.3, 0.4) is 0 Å². The molecule has 0 bridgehead atoms. The lowest BCUT2D eigenvalue weighted by atomic mass is 10.4. The summed E-state index contributed by atoms with van der Waals surface area (Å²) in [5.41, 5.74) is -1.35. The van der Waals surface area contributed by atoms with Crippen LogP contribution in [0.1, 0.15) is 0 Å². The van der Waals surface area contributed by atoms with Gasteiger partial charge in [-0.05, 0) is 0 Å². The van der Waals surface area contributed by atoms with Crippen molar-refractivity contribution in [3.05, 3.63) is 16.3 Å². The largest absolute Gasteiger partial charge is 0.573 e. The monoisotopic (exact) mass is 307 g/mol. The lowest BCUT2D eigenvalue weighted by Crippen LogP contribution is -2.24. The first-order valence-electron chi connectivity index (χ1n) is 4.06. The van der Waals surface area contributed by atoms with Gasteiger partial charge in [0.25, 0.3) is 9.05 Å². The Morgan fingerprint density at radius 1 is 1.39 bits per heavy atom. The molecule has 1 N–H and O–H groups in total. The third-order valence-corrected chi connectivity index (χ3v) is 2.85. The van der Waals surface area contributed by atoms with Crippen molar-refractivity contribution in [1.29, 1.82) is 0 Å². The van der Waals surface area contributed by atoms with E-state index < -0.39 is 31.6 Å². The van der Waals surface area contributed by atoms with E-state index in [1.54, 1.807) is 0 Å². The fourth-order valence-corrected chi connectivity index (χ4v) is 1.91. The van der Waals surface area contributed by atoms with Gasteiger partial charge in [0, 0.05) is 16.7 Å². The van der Waals surface area contributed by atoms with Crippen LogP contribution >= 0.6 is 10.7 Å². The quantitative estimate of drug-likeness (QED) is 0.848. The van der Waals surface area contributed by atoms with Crippen LogP contribution in [-0.4, -0.2) is 26.9 Å². The molecule has 6 nitrogen and oxygen atoms in total. The minimum Gasteiger partial charge on any atom is -0.482 e. The van der Waals surface area contributed by atoms with Crippen LogP contribution in [0.15, 0.2) is 15.9 Å². The Hall–Kier alpha value is -1.42. The average molecular weight is 308 g/mol. The van der Waals surface area contributed by atoms with E-state index in [-0.39, 0.29) is 5.88 Å². The van der Waals surface area contributed by atoms with Crippen LogP contribution < -0.4 is 14.9 Å². The molecule has 18 heavy (non-hydrogen) atoms. The molecule has 0 aromatic carbocycles. The van der Waals surface area contributed by atoms with E-state index in [0.29, 0.717) is 6.07 Å². The van der Waals surface area contributed by atoms with E-state index in [4.69, 9.17) is 10.7 Å². The SMILES string of the molecule is COc1cc(=O)c(OC(F)(F)F)c(S(=O)(=O)Cl)[nH]1. The van der Waals surface area contributed by atoms with Crippen molar-refractivity contribution < 1.29 is 31.1 Å². The summed E-state index contributed by atoms with van der Waals surface area (Å²) in [6, 6.07) is 0.590. The normalized spacial score (nSPS) is 12.3. The van der Waals surface area contributed by atoms with E-state index in [9.17, 15) is 26.4 Å². The number of aromatic nitrogens is 1. The molecule has 0 spiro atoms. The minimum absolute atomic E-state index is 0.381. The van der Waals surface area contributed by atoms with Gasteiger partial charge in [0.2, 0.25) is 11.2 Å². The van der Waals surface area contributed by atoms with Gasteiger partial charge in [-0.25, -0.2) is 8.42 Å². The van der Waals surface area contributed by atoms with Gasteiger partial charge < -0.3 is 14.5 Å². The fourth-order valence-electron chi connectivity index (χ4n) is 0.995. The first-order valence-corrected chi connectivity index (χ1v) is 6.37. The second kappa shape index (κ2) is 4.69. The number of alkyl halides is 3. The fraction of sp³-hybridized carbons (Fsp3) is 0.286. The number of halogens is 4. The number of hydrogen-bond donors (Lipinski definition) is 1. The third kappa shape index (κ3) is 3.53. The maximum absolute atomic E-state index is 12.0. The average Bonchev–Trinajstić information content (AvgIpc) is 2.17. The van der Waals surface area contributed by atoms with Gasteiger partial charge in [0.1, 0.15) is 0 Å². The molecule has 1 aromatic heterocycles. The zero-order valence-electron chi connectivity index (χ0n) is 8.54. The molecule has 0 radical (unpaired) electrons. The highest BCUT2D eigenvalue weighted by molar-refractivity contribution is 8.13. The molecular formula is C7H5ClF3NO5S. The van der Waals surface area contributed by atoms with Gasteiger partial charge in [-0.15, -0.1) is 13.2 Å². The number of methoxy groups -OCH3 is 1. The number of hydrogen-bond acceptors (Lipinski definition) is 5. The predicted molar refractivity (Wildman–Crippen MR) is 53.3 cm³/mol. The van der Waals surface area contributed by atoms with Crippen LogP contribution in [0, 0.1) is 0 Å². The molecule has 0 fully saturated rings. The smallest absolute Gasteiger partial charge is 0.482 e. The Labute approximate surface area is 103 Å². The van der Waals surface area contributed by atoms with Crippen LogP contribution in [0.5, 0.6) is 11.6 Å². The van der Waals surface area contributed by atoms with Crippen LogP contribution in [0.25, 0.3) is 0 Å². The van der Waals surface area contributed by atoms with E-state index in [1.165, 1.54) is 0 Å². The summed E-state index contributed by atoms with van der Waals surface area (Å²) in [6.07, 6.45) is -5.24. The first kappa shape index (κ1) is 14.6. The van der Waals surface area contributed by atoms with Gasteiger partial charge in [0.05, 0.1) is 7.11 Å². The van der Waals surface area contributed by atoms with Crippen LogP contribution in [0.4, 0.5) is 13.2 Å². The van der Waals surface area contributed by atoms with E-state index in [0.717, 1.165) is 7.11 Å². The third-order valence-electron chi connectivity index (χ3n) is 1.61. The Morgan fingerprint density at radius 2 is 1.94 bits per heavy atom. The van der Waals surface area contributed by atoms with Gasteiger partial charge >= 0.3 is 6.36 Å². The summed E-state index contributed by atoms with van der Waals surface area (Å²) in [4.78, 5) is 13.2. The van der Waals surface area contributed by atoms with Crippen molar-refractivity contribution in [2.45, 2.75) is 11.4 Å². The predicted octanol–water partition coefficient (Wildman–Crippen LogP) is 1.21. The molecule has 0 aliphatic rings. The maximum Gasteiger partial charge on any atom is 0.573 e. The Kier molecular flexibility index (Phi) is 3.81. The van der Waals surface area contributed by atoms with Crippen molar-refractivity contribution in [2.24, 2.45) is 0 Å². The summed E-state index contributed by atoms with van der Waals surface area (Å²) in [5, 5.41) is -1.23. The number of rotatable bonds is 3. The summed E-state index contributed by atoms with van der Waals surface area (Å²) in [6.45, 7) is 0. The lowest BCUT2D eigenvalue weighted by molar-refractivity contribution is -0.276. The molecule has 1 aromatic rings. The van der Waals surface area contributed by atoms with Gasteiger partial charge in [-0.1, -0.05) is 0 Å². The van der Waals surface area contributed by atoms with Gasteiger partial charge in [-0.3, -0.25) is 4.79 Å². The van der Waals surface area contributed by atoms with E-state index in [1.807, 2.05) is 4.98 Å². The summed E-state index contributed by atoms with van der Waals surface area (Å²) in [5.74, 6) is -1.85. The second-order valence-electron chi connectivity index (χ2n) is 2.85. The summed E-state index contributed by atoms with van der Waals surface area (Å²) in [7, 11) is 1.31. The first-order chi connectivity index (χ1) is 8.04. The van der Waals surface area contributed by atoms with Crippen molar-refractivity contribution >= 4 is 19.7 Å². The zero-order valence-corrected chi connectivity index (χ0v) is 10.1. The Morgan fingerprint density at radius 3 is 2.33 bits per heavy atom. The van der Waals surface area contributed by atoms with Crippen molar-refractivity contribution in [1.82, 2.24) is 4.98 Å². The number of H-pyrrole nitrogens is 1. The highest BCUT2D eigenvalue weighted by Crippen LogP contribution is 2.28. The summed E-state index contributed by atoms with van der Waals surface area (Å²) < 4.78 is 66.0. The molecule has 102 valence electrons. The molecule has 11 heteroatoms. The van der Waals surface area contributed by atoms with Crippen LogP contribution in [0.2, 0.25) is 0 Å². The molecule has 0 unspecified atom stereocenters. The topological polar surface area (TPSA) is 85.5 Å². The van der Waals surface area contributed by atoms with Crippen molar-refractivity contribution in [3.63, 3.8) is 0 Å². The Balaban J connectivity index is 3.54. The number of pyridine rings is 1. The maximum atomic E-state index is 12.0. The van der Waals surface area contributed by atoms with Gasteiger partial charge in [0.15, 0.2) is 10.9 Å². The van der Waals surface area contributed by atoms with Crippen molar-refractivity contribution in [2.75, 3.05) is 7.11 Å². The number of ether oxygens (including phenoxy) is 2. The highest BCUT2D eigenvalue weighted by atomic mass is 35.7. The zero-order chi connectivity index (χ0) is 14.1. The highest BCUT2D eigenvalue weighted by Gasteiger charge is 2.36. The van der Waals surface area contributed by atoms with E-state index >= 15 is 0 Å². The molecule has 0 saturated carbocycles. The number of aromatic amines is 1. The van der Waals surface area contributed by atoms with E-state index in [2.05, 4.69) is 9.47 Å². The standard InChI is InChI=1S/C7H5ClF3NO5S/c1-16-4-2-3(13)5(17-7(9,10)11)6(12-4)18(8,14)15/h2H,1H3,(H,12,13). The molecular weight excluding hydrogens is 303 g/mol. The molecule has 0 aliphatic heterocycles. The molecule has 1 rings (SSSR count). The molecule has 0 aliphatic carbocycles. The summed E-state index contributed by atoms with van der Waals surface area (Å²) >= 11 is 0. The second-order valence-corrected chi connectivity index (χ2v) is 5.35. The molecule has 0 saturated heterocycles. The van der Waals surface area contributed by atoms with Gasteiger partial charge in [-0.2, -0.15) is 0 Å². The molecule has 1 heterocycles. The molecule has 0 atom stereocenters. The molecule has 0 amide bonds. The minimum atomic E-state index is -5.24.